The molecule has 3 saturated carbocycles. The largest absolute Gasteiger partial charge is 0.478 e. The van der Waals surface area contributed by atoms with E-state index in [2.05, 4.69) is 19.9 Å². The quantitative estimate of drug-likeness (QED) is 0.683. The smallest absolute Gasteiger partial charge is 0.335 e. The molecule has 0 heterocycles. The fraction of sp³-hybridized carbons (Fsp3) is 0.538. The van der Waals surface area contributed by atoms with Crippen LogP contribution in [0.3, 0.4) is 0 Å². The number of ketones is 1. The van der Waals surface area contributed by atoms with E-state index in [4.69, 9.17) is 5.11 Å². The molecule has 1 aromatic carbocycles. The van der Waals surface area contributed by atoms with E-state index in [1.54, 1.807) is 36.4 Å². The van der Waals surface area contributed by atoms with Gasteiger partial charge in [0.25, 0.3) is 0 Å². The Morgan fingerprint density at radius 1 is 1.03 bits per heavy atom. The van der Waals surface area contributed by atoms with Crippen LogP contribution in [0.15, 0.2) is 54.1 Å². The minimum Gasteiger partial charge on any atom is -0.478 e. The summed E-state index contributed by atoms with van der Waals surface area (Å²) < 4.78 is 0. The SMILES string of the molecule is C[C@]12CC[C@H]3[C@@H](CCC4=CC(=O)C=C[C@@]43C)[C@@H]1CC[C@@H]2O.O=C(O)c1ccccc1. The predicted octanol–water partition coefficient (Wildman–Crippen LogP) is 5.04. The number of fused-ring (bicyclic) bond motifs is 5. The molecule has 4 aliphatic carbocycles. The first-order chi connectivity index (χ1) is 14.3. The molecule has 160 valence electrons. The topological polar surface area (TPSA) is 74.6 Å². The van der Waals surface area contributed by atoms with Crippen molar-refractivity contribution in [2.75, 3.05) is 0 Å². The highest BCUT2D eigenvalue weighted by Crippen LogP contribution is 2.64. The molecule has 3 fully saturated rings. The molecule has 2 N–H and O–H groups in total. The summed E-state index contributed by atoms with van der Waals surface area (Å²) in [5, 5.41) is 18.8. The first-order valence-electron chi connectivity index (χ1n) is 11.2. The van der Waals surface area contributed by atoms with Crippen LogP contribution in [0.1, 0.15) is 62.7 Å². The lowest BCUT2D eigenvalue weighted by Gasteiger charge is -2.56. The van der Waals surface area contributed by atoms with Gasteiger partial charge in [-0.15, -0.1) is 0 Å². The van der Waals surface area contributed by atoms with Gasteiger partial charge in [-0.25, -0.2) is 4.79 Å². The molecule has 0 amide bonds. The van der Waals surface area contributed by atoms with E-state index in [1.165, 1.54) is 24.8 Å². The number of carbonyl (C=O) groups is 2. The molecule has 0 bridgehead atoms. The Labute approximate surface area is 178 Å². The van der Waals surface area contributed by atoms with Gasteiger partial charge in [0.05, 0.1) is 11.7 Å². The van der Waals surface area contributed by atoms with Crippen molar-refractivity contribution in [1.82, 2.24) is 0 Å². The minimum absolute atomic E-state index is 0.0890. The molecule has 0 radical (unpaired) electrons. The van der Waals surface area contributed by atoms with E-state index in [1.807, 2.05) is 6.08 Å². The summed E-state index contributed by atoms with van der Waals surface area (Å²) in [6.07, 6.45) is 12.6. The first kappa shape index (κ1) is 21.0. The van der Waals surface area contributed by atoms with Crippen molar-refractivity contribution in [3.8, 4) is 0 Å². The number of carboxylic acids is 1. The van der Waals surface area contributed by atoms with E-state index in [9.17, 15) is 14.7 Å². The van der Waals surface area contributed by atoms with Crippen LogP contribution >= 0.6 is 0 Å². The van der Waals surface area contributed by atoms with Gasteiger partial charge in [-0.1, -0.05) is 43.7 Å². The van der Waals surface area contributed by atoms with Gasteiger partial charge in [-0.2, -0.15) is 0 Å². The zero-order valence-electron chi connectivity index (χ0n) is 17.9. The average Bonchev–Trinajstić information content (AvgIpc) is 3.04. The molecule has 0 saturated heterocycles. The van der Waals surface area contributed by atoms with Crippen LogP contribution in [-0.2, 0) is 4.79 Å². The van der Waals surface area contributed by atoms with Crippen LogP contribution < -0.4 is 0 Å². The molecular formula is C26H32O4. The molecule has 1 aromatic rings. The maximum absolute atomic E-state index is 11.7. The molecule has 4 heteroatoms. The Balaban J connectivity index is 0.000000204. The fourth-order valence-electron chi connectivity index (χ4n) is 6.75. The molecule has 0 aliphatic heterocycles. The van der Waals surface area contributed by atoms with Crippen LogP contribution in [-0.4, -0.2) is 28.1 Å². The summed E-state index contributed by atoms with van der Waals surface area (Å²) in [6, 6.07) is 8.30. The molecule has 4 aliphatic rings. The molecule has 5 rings (SSSR count). The summed E-state index contributed by atoms with van der Waals surface area (Å²) in [6.45, 7) is 4.66. The summed E-state index contributed by atoms with van der Waals surface area (Å²) in [7, 11) is 0. The number of benzene rings is 1. The number of aliphatic hydroxyl groups excluding tert-OH is 1. The van der Waals surface area contributed by atoms with Crippen molar-refractivity contribution in [2.24, 2.45) is 28.6 Å². The van der Waals surface area contributed by atoms with Gasteiger partial charge in [0.1, 0.15) is 0 Å². The monoisotopic (exact) mass is 408 g/mol. The second-order valence-electron chi connectivity index (χ2n) is 9.91. The Kier molecular flexibility index (Phi) is 5.48. The van der Waals surface area contributed by atoms with Crippen molar-refractivity contribution in [3.05, 3.63) is 59.7 Å². The van der Waals surface area contributed by atoms with Crippen molar-refractivity contribution < 1.29 is 19.8 Å². The Hall–Kier alpha value is -2.20. The van der Waals surface area contributed by atoms with Gasteiger partial charge in [0, 0.05) is 5.41 Å². The van der Waals surface area contributed by atoms with Crippen molar-refractivity contribution in [2.45, 2.75) is 58.5 Å². The van der Waals surface area contributed by atoms with Crippen LogP contribution in [0.4, 0.5) is 0 Å². The van der Waals surface area contributed by atoms with Crippen molar-refractivity contribution in [1.29, 1.82) is 0 Å². The number of hydrogen-bond acceptors (Lipinski definition) is 3. The third-order valence-electron chi connectivity index (χ3n) is 8.53. The maximum Gasteiger partial charge on any atom is 0.335 e. The minimum atomic E-state index is -0.879. The third kappa shape index (κ3) is 3.45. The molecule has 4 nitrogen and oxygen atoms in total. The number of carboxylic acid groups (broad SMARTS) is 1. The zero-order valence-corrected chi connectivity index (χ0v) is 17.9. The van der Waals surface area contributed by atoms with Crippen LogP contribution in [0.5, 0.6) is 0 Å². The van der Waals surface area contributed by atoms with E-state index < -0.39 is 5.97 Å². The molecule has 0 aromatic heterocycles. The number of carbonyl (C=O) groups excluding carboxylic acids is 1. The van der Waals surface area contributed by atoms with Crippen LogP contribution in [0, 0.1) is 28.6 Å². The number of aliphatic hydroxyl groups is 1. The lowest BCUT2D eigenvalue weighted by molar-refractivity contribution is -0.111. The van der Waals surface area contributed by atoms with E-state index in [0.717, 1.165) is 25.2 Å². The fourth-order valence-corrected chi connectivity index (χ4v) is 6.75. The Morgan fingerprint density at radius 3 is 2.43 bits per heavy atom. The second kappa shape index (κ2) is 7.81. The van der Waals surface area contributed by atoms with Gasteiger partial charge in [0.15, 0.2) is 5.78 Å². The highest BCUT2D eigenvalue weighted by atomic mass is 16.4. The normalized spacial score (nSPS) is 39.0. The zero-order chi connectivity index (χ0) is 21.5. The predicted molar refractivity (Wildman–Crippen MR) is 116 cm³/mol. The highest BCUT2D eigenvalue weighted by Gasteiger charge is 2.58. The van der Waals surface area contributed by atoms with Gasteiger partial charge in [-0.05, 0) is 86.0 Å². The summed E-state index contributed by atoms with van der Waals surface area (Å²) in [5.41, 5.74) is 1.93. The molecule has 0 spiro atoms. The van der Waals surface area contributed by atoms with E-state index >= 15 is 0 Å². The Morgan fingerprint density at radius 2 is 1.77 bits per heavy atom. The average molecular weight is 409 g/mol. The number of allylic oxidation sites excluding steroid dienone is 4. The number of rotatable bonds is 1. The third-order valence-corrected chi connectivity index (χ3v) is 8.53. The molecule has 0 unspecified atom stereocenters. The molecule has 6 atom stereocenters. The summed E-state index contributed by atoms with van der Waals surface area (Å²) in [4.78, 5) is 21.9. The lowest BCUT2D eigenvalue weighted by Crippen LogP contribution is -2.50. The van der Waals surface area contributed by atoms with E-state index in [-0.39, 0.29) is 22.7 Å². The highest BCUT2D eigenvalue weighted by molar-refractivity contribution is 6.01. The van der Waals surface area contributed by atoms with Gasteiger partial charge >= 0.3 is 5.97 Å². The standard InChI is InChI=1S/C19H26O2.C7H6O2/c1-18-9-7-13(20)11-12(18)3-4-14-15-5-6-17(21)19(15,2)10-8-16(14)18;8-7(9)6-4-2-1-3-5-6/h7,9,11,14-17,21H,3-6,8,10H2,1-2H3;1-5H,(H,8,9)/t14-,15-,16-,17-,18-,19-;/m0./s1. The van der Waals surface area contributed by atoms with Crippen LogP contribution in [0.2, 0.25) is 0 Å². The Bertz CT molecular complexity index is 886. The summed E-state index contributed by atoms with van der Waals surface area (Å²) >= 11 is 0. The first-order valence-corrected chi connectivity index (χ1v) is 11.2. The van der Waals surface area contributed by atoms with Crippen molar-refractivity contribution in [3.63, 3.8) is 0 Å². The van der Waals surface area contributed by atoms with Gasteiger partial charge in [-0.3, -0.25) is 4.79 Å². The summed E-state index contributed by atoms with van der Waals surface area (Å²) in [5.74, 6) is 1.34. The number of aromatic carboxylic acids is 1. The van der Waals surface area contributed by atoms with E-state index in [0.29, 0.717) is 17.4 Å². The number of hydrogen-bond donors (Lipinski definition) is 2. The van der Waals surface area contributed by atoms with Crippen LogP contribution in [0.25, 0.3) is 0 Å². The lowest BCUT2D eigenvalue weighted by atomic mass is 9.48. The molecular weight excluding hydrogens is 376 g/mol. The second-order valence-corrected chi connectivity index (χ2v) is 9.91. The van der Waals surface area contributed by atoms with Gasteiger partial charge in [0.2, 0.25) is 0 Å². The molecule has 30 heavy (non-hydrogen) atoms. The van der Waals surface area contributed by atoms with Crippen molar-refractivity contribution >= 4 is 11.8 Å². The maximum atomic E-state index is 11.7. The van der Waals surface area contributed by atoms with Gasteiger partial charge < -0.3 is 10.2 Å².